The predicted octanol–water partition coefficient (Wildman–Crippen LogP) is 2.64. The Bertz CT molecular complexity index is 439. The van der Waals surface area contributed by atoms with E-state index in [0.717, 1.165) is 10.9 Å². The Morgan fingerprint density at radius 3 is 3.06 bits per heavy atom. The number of carboxylic acids is 1. The van der Waals surface area contributed by atoms with Crippen molar-refractivity contribution < 1.29 is 14.3 Å². The second kappa shape index (κ2) is 5.14. The fourth-order valence-electron chi connectivity index (χ4n) is 2.18. The van der Waals surface area contributed by atoms with Crippen LogP contribution >= 0.6 is 15.9 Å². The van der Waals surface area contributed by atoms with Gasteiger partial charge in [0, 0.05) is 16.6 Å². The Morgan fingerprint density at radius 1 is 1.59 bits per heavy atom. The number of aliphatic carboxylic acids is 1. The summed E-state index contributed by atoms with van der Waals surface area (Å²) in [5.41, 5.74) is 0.535. The van der Waals surface area contributed by atoms with Crippen molar-refractivity contribution in [2.45, 2.75) is 25.4 Å². The molecule has 1 aromatic rings. The monoisotopic (exact) mass is 301 g/mol. The van der Waals surface area contributed by atoms with Gasteiger partial charge in [-0.25, -0.2) is 4.39 Å². The minimum absolute atomic E-state index is 0.288. The molecule has 17 heavy (non-hydrogen) atoms. The third-order valence-electron chi connectivity index (χ3n) is 3.03. The van der Waals surface area contributed by atoms with Gasteiger partial charge in [-0.2, -0.15) is 0 Å². The van der Waals surface area contributed by atoms with Crippen LogP contribution in [0, 0.1) is 5.82 Å². The van der Waals surface area contributed by atoms with Crippen molar-refractivity contribution in [2.75, 3.05) is 6.54 Å². The van der Waals surface area contributed by atoms with Crippen LogP contribution in [0.15, 0.2) is 22.7 Å². The van der Waals surface area contributed by atoms with Gasteiger partial charge in [0.05, 0.1) is 0 Å². The van der Waals surface area contributed by atoms with Crippen molar-refractivity contribution in [3.05, 3.63) is 34.1 Å². The molecule has 1 aromatic carbocycles. The maximum absolute atomic E-state index is 13.6. The van der Waals surface area contributed by atoms with Crippen LogP contribution < -0.4 is 0 Å². The molecule has 0 saturated carbocycles. The first kappa shape index (κ1) is 12.5. The van der Waals surface area contributed by atoms with E-state index in [-0.39, 0.29) is 5.82 Å². The number of rotatable bonds is 3. The zero-order chi connectivity index (χ0) is 12.4. The normalized spacial score (nSPS) is 20.7. The molecule has 1 saturated heterocycles. The highest BCUT2D eigenvalue weighted by atomic mass is 79.9. The fraction of sp³-hybridized carbons (Fsp3) is 0.417. The molecule has 92 valence electrons. The molecule has 0 unspecified atom stereocenters. The summed E-state index contributed by atoms with van der Waals surface area (Å²) in [6.45, 7) is 1.06. The lowest BCUT2D eigenvalue weighted by molar-refractivity contribution is -0.142. The summed E-state index contributed by atoms with van der Waals surface area (Å²) in [4.78, 5) is 12.8. The van der Waals surface area contributed by atoms with Gasteiger partial charge < -0.3 is 5.11 Å². The highest BCUT2D eigenvalue weighted by molar-refractivity contribution is 9.10. The molecular formula is C12H13BrFNO2. The lowest BCUT2D eigenvalue weighted by Crippen LogP contribution is -2.35. The van der Waals surface area contributed by atoms with Gasteiger partial charge in [0.15, 0.2) is 0 Å². The molecule has 1 aliphatic rings. The van der Waals surface area contributed by atoms with Crippen molar-refractivity contribution in [1.29, 1.82) is 0 Å². The topological polar surface area (TPSA) is 40.5 Å². The van der Waals surface area contributed by atoms with E-state index in [0.29, 0.717) is 25.1 Å². The molecule has 1 N–H and O–H groups in total. The summed E-state index contributed by atoms with van der Waals surface area (Å²) < 4.78 is 14.4. The van der Waals surface area contributed by atoms with Crippen LogP contribution in [-0.4, -0.2) is 28.6 Å². The molecule has 5 heteroatoms. The SMILES string of the molecule is O=C(O)[C@@H]1CCCN1Cc1cc(Br)ccc1F. The molecule has 1 atom stereocenters. The summed E-state index contributed by atoms with van der Waals surface area (Å²) in [5, 5.41) is 9.04. The summed E-state index contributed by atoms with van der Waals surface area (Å²) in [6.07, 6.45) is 1.50. The van der Waals surface area contributed by atoms with Crippen molar-refractivity contribution in [3.63, 3.8) is 0 Å². The van der Waals surface area contributed by atoms with Gasteiger partial charge in [-0.1, -0.05) is 15.9 Å². The molecule has 0 aromatic heterocycles. The molecule has 0 spiro atoms. The largest absolute Gasteiger partial charge is 0.480 e. The summed E-state index contributed by atoms with van der Waals surface area (Å²) in [6, 6.07) is 4.25. The van der Waals surface area contributed by atoms with Gasteiger partial charge in [-0.05, 0) is 37.6 Å². The average Bonchev–Trinajstić information content (AvgIpc) is 2.71. The standard InChI is InChI=1S/C12H13BrFNO2/c13-9-3-4-10(14)8(6-9)7-15-5-1-2-11(15)12(16)17/h3-4,6,11H,1-2,5,7H2,(H,16,17)/t11-/m0/s1. The van der Waals surface area contributed by atoms with Crippen molar-refractivity contribution in [2.24, 2.45) is 0 Å². The number of hydrogen-bond acceptors (Lipinski definition) is 2. The molecular weight excluding hydrogens is 289 g/mol. The number of likely N-dealkylation sites (tertiary alicyclic amines) is 1. The number of hydrogen-bond donors (Lipinski definition) is 1. The molecule has 0 amide bonds. The van der Waals surface area contributed by atoms with Crippen LogP contribution in [0.4, 0.5) is 4.39 Å². The van der Waals surface area contributed by atoms with E-state index in [4.69, 9.17) is 5.11 Å². The molecule has 0 bridgehead atoms. The van der Waals surface area contributed by atoms with E-state index in [1.165, 1.54) is 6.07 Å². The third kappa shape index (κ3) is 2.84. The predicted molar refractivity (Wildman–Crippen MR) is 65.2 cm³/mol. The van der Waals surface area contributed by atoms with E-state index in [1.54, 1.807) is 12.1 Å². The van der Waals surface area contributed by atoms with Crippen LogP contribution in [0.1, 0.15) is 18.4 Å². The molecule has 0 radical (unpaired) electrons. The molecule has 2 rings (SSSR count). The van der Waals surface area contributed by atoms with Gasteiger partial charge >= 0.3 is 5.97 Å². The first-order valence-corrected chi connectivity index (χ1v) is 6.28. The Balaban J connectivity index is 2.15. The van der Waals surface area contributed by atoms with E-state index in [9.17, 15) is 9.18 Å². The highest BCUT2D eigenvalue weighted by Gasteiger charge is 2.30. The maximum Gasteiger partial charge on any atom is 0.320 e. The Hall–Kier alpha value is -0.940. The number of halogens is 2. The van der Waals surface area contributed by atoms with Gasteiger partial charge in [-0.15, -0.1) is 0 Å². The van der Waals surface area contributed by atoms with Crippen LogP contribution in [0.25, 0.3) is 0 Å². The van der Waals surface area contributed by atoms with E-state index >= 15 is 0 Å². The minimum atomic E-state index is -0.821. The van der Waals surface area contributed by atoms with Crippen molar-refractivity contribution in [3.8, 4) is 0 Å². The number of benzene rings is 1. The molecule has 1 heterocycles. The second-order valence-corrected chi connectivity index (χ2v) is 5.12. The Labute approximate surface area is 107 Å². The van der Waals surface area contributed by atoms with Gasteiger partial charge in [0.25, 0.3) is 0 Å². The van der Waals surface area contributed by atoms with Crippen LogP contribution in [-0.2, 0) is 11.3 Å². The van der Waals surface area contributed by atoms with E-state index in [2.05, 4.69) is 15.9 Å². The number of carboxylic acid groups (broad SMARTS) is 1. The molecule has 1 aliphatic heterocycles. The van der Waals surface area contributed by atoms with Crippen LogP contribution in [0.5, 0.6) is 0 Å². The average molecular weight is 302 g/mol. The molecule has 0 aliphatic carbocycles. The summed E-state index contributed by atoms with van der Waals surface area (Å²) in [5.74, 6) is -1.11. The van der Waals surface area contributed by atoms with Gasteiger partial charge in [-0.3, -0.25) is 9.69 Å². The van der Waals surface area contributed by atoms with E-state index < -0.39 is 12.0 Å². The first-order valence-electron chi connectivity index (χ1n) is 5.48. The smallest absolute Gasteiger partial charge is 0.320 e. The second-order valence-electron chi connectivity index (χ2n) is 4.20. The van der Waals surface area contributed by atoms with Crippen LogP contribution in [0.2, 0.25) is 0 Å². The number of carbonyl (C=O) groups is 1. The quantitative estimate of drug-likeness (QED) is 0.933. The Morgan fingerprint density at radius 2 is 2.35 bits per heavy atom. The van der Waals surface area contributed by atoms with E-state index in [1.807, 2.05) is 4.90 Å². The third-order valence-corrected chi connectivity index (χ3v) is 3.52. The lowest BCUT2D eigenvalue weighted by atomic mass is 10.1. The molecule has 1 fully saturated rings. The minimum Gasteiger partial charge on any atom is -0.480 e. The highest BCUT2D eigenvalue weighted by Crippen LogP contribution is 2.23. The van der Waals surface area contributed by atoms with Gasteiger partial charge in [0.2, 0.25) is 0 Å². The summed E-state index contributed by atoms with van der Waals surface area (Å²) >= 11 is 3.29. The van der Waals surface area contributed by atoms with Crippen molar-refractivity contribution in [1.82, 2.24) is 4.90 Å². The van der Waals surface area contributed by atoms with Crippen LogP contribution in [0.3, 0.4) is 0 Å². The Kier molecular flexibility index (Phi) is 3.79. The first-order chi connectivity index (χ1) is 8.08. The summed E-state index contributed by atoms with van der Waals surface area (Å²) in [7, 11) is 0. The maximum atomic E-state index is 13.6. The fourth-order valence-corrected chi connectivity index (χ4v) is 2.59. The lowest BCUT2D eigenvalue weighted by Gasteiger charge is -2.21. The number of nitrogens with zero attached hydrogens (tertiary/aromatic N) is 1. The zero-order valence-corrected chi connectivity index (χ0v) is 10.8. The van der Waals surface area contributed by atoms with Gasteiger partial charge in [0.1, 0.15) is 11.9 Å². The van der Waals surface area contributed by atoms with Crippen molar-refractivity contribution >= 4 is 21.9 Å². The zero-order valence-electron chi connectivity index (χ0n) is 9.20. The molecule has 3 nitrogen and oxygen atoms in total.